The molecule has 4 rings (SSSR count). The molecule has 2 aliphatic heterocycles. The summed E-state index contributed by atoms with van der Waals surface area (Å²) in [6.07, 6.45) is 4.56. The van der Waals surface area contributed by atoms with Gasteiger partial charge in [0.1, 0.15) is 5.75 Å². The summed E-state index contributed by atoms with van der Waals surface area (Å²) in [5.41, 5.74) is 1.61. The first-order valence-corrected chi connectivity index (χ1v) is 13.2. The normalized spacial score (nSPS) is 18.7. The third-order valence-corrected chi connectivity index (χ3v) is 8.41. The van der Waals surface area contributed by atoms with Gasteiger partial charge in [0.25, 0.3) is 5.91 Å². The molecule has 0 spiro atoms. The zero-order chi connectivity index (χ0) is 23.3. The van der Waals surface area contributed by atoms with Gasteiger partial charge in [-0.05, 0) is 61.6 Å². The monoisotopic (exact) mass is 471 g/mol. The van der Waals surface area contributed by atoms with Crippen molar-refractivity contribution in [2.75, 3.05) is 33.3 Å². The molecule has 2 fully saturated rings. The molecule has 0 aromatic heterocycles. The number of hydrogen-bond acceptors (Lipinski definition) is 5. The molecule has 0 bridgehead atoms. The molecule has 0 unspecified atom stereocenters. The van der Waals surface area contributed by atoms with Crippen molar-refractivity contribution in [1.82, 2.24) is 14.5 Å². The van der Waals surface area contributed by atoms with E-state index in [4.69, 9.17) is 4.74 Å². The maximum Gasteiger partial charge on any atom is 0.251 e. The van der Waals surface area contributed by atoms with Crippen LogP contribution in [0.2, 0.25) is 0 Å². The summed E-state index contributed by atoms with van der Waals surface area (Å²) in [5, 5.41) is 3.10. The average molecular weight is 472 g/mol. The Morgan fingerprint density at radius 2 is 1.73 bits per heavy atom. The second-order valence-electron chi connectivity index (χ2n) is 8.87. The van der Waals surface area contributed by atoms with Gasteiger partial charge in [0, 0.05) is 44.3 Å². The number of benzene rings is 2. The van der Waals surface area contributed by atoms with Crippen molar-refractivity contribution in [1.29, 1.82) is 0 Å². The molecule has 178 valence electrons. The van der Waals surface area contributed by atoms with Gasteiger partial charge >= 0.3 is 0 Å². The van der Waals surface area contributed by atoms with E-state index in [0.29, 0.717) is 18.7 Å². The molecule has 7 nitrogen and oxygen atoms in total. The van der Waals surface area contributed by atoms with E-state index in [9.17, 15) is 13.2 Å². The van der Waals surface area contributed by atoms with Crippen molar-refractivity contribution in [3.8, 4) is 5.75 Å². The predicted octanol–water partition coefficient (Wildman–Crippen LogP) is 3.26. The van der Waals surface area contributed by atoms with Gasteiger partial charge in [0.15, 0.2) is 0 Å². The van der Waals surface area contributed by atoms with E-state index in [1.54, 1.807) is 25.3 Å². The molecule has 2 aromatic carbocycles. The number of amides is 1. The van der Waals surface area contributed by atoms with Gasteiger partial charge in [-0.25, -0.2) is 8.42 Å². The maximum absolute atomic E-state index is 13.0. The van der Waals surface area contributed by atoms with Gasteiger partial charge in [0.2, 0.25) is 10.0 Å². The number of sulfonamides is 1. The van der Waals surface area contributed by atoms with E-state index in [1.807, 2.05) is 12.1 Å². The lowest BCUT2D eigenvalue weighted by molar-refractivity contribution is 0.0908. The Bertz CT molecular complexity index is 1060. The zero-order valence-electron chi connectivity index (χ0n) is 19.2. The summed E-state index contributed by atoms with van der Waals surface area (Å²) >= 11 is 0. The lowest BCUT2D eigenvalue weighted by Crippen LogP contribution is -2.44. The van der Waals surface area contributed by atoms with Gasteiger partial charge in [0.05, 0.1) is 12.0 Å². The molecular formula is C25H33N3O4S. The molecule has 8 heteroatoms. The zero-order valence-corrected chi connectivity index (χ0v) is 20.0. The standard InChI is InChI=1S/C25H33N3O4S/c1-32-23-9-5-7-20(17-23)19-27-15-11-22(12-16-27)26-25(29)21-8-6-10-24(18-21)33(30,31)28-13-3-2-4-14-28/h5-10,17-18,22H,2-4,11-16,19H2,1H3,(H,26,29). The molecule has 0 saturated carbocycles. The molecule has 0 radical (unpaired) electrons. The molecule has 33 heavy (non-hydrogen) atoms. The quantitative estimate of drug-likeness (QED) is 0.671. The minimum atomic E-state index is -3.56. The molecule has 2 aliphatic rings. The van der Waals surface area contributed by atoms with Crippen LogP contribution in [0.4, 0.5) is 0 Å². The van der Waals surface area contributed by atoms with Crippen LogP contribution in [0.5, 0.6) is 5.75 Å². The largest absolute Gasteiger partial charge is 0.497 e. The highest BCUT2D eigenvalue weighted by molar-refractivity contribution is 7.89. The number of likely N-dealkylation sites (tertiary alicyclic amines) is 1. The summed E-state index contributed by atoms with van der Waals surface area (Å²) in [6.45, 7) is 3.74. The van der Waals surface area contributed by atoms with Crippen LogP contribution in [0.15, 0.2) is 53.4 Å². The number of methoxy groups -OCH3 is 1. The van der Waals surface area contributed by atoms with Crippen LogP contribution in [0, 0.1) is 0 Å². The fourth-order valence-corrected chi connectivity index (χ4v) is 6.15. The number of carbonyl (C=O) groups excluding carboxylic acids is 1. The van der Waals surface area contributed by atoms with Crippen molar-refractivity contribution in [3.63, 3.8) is 0 Å². The van der Waals surface area contributed by atoms with Gasteiger partial charge < -0.3 is 10.1 Å². The Morgan fingerprint density at radius 3 is 2.45 bits per heavy atom. The fraction of sp³-hybridized carbons (Fsp3) is 0.480. The summed E-state index contributed by atoms with van der Waals surface area (Å²) in [7, 11) is -1.88. The number of ether oxygens (including phenoxy) is 1. The summed E-state index contributed by atoms with van der Waals surface area (Å²) in [5.74, 6) is 0.649. The molecule has 0 atom stereocenters. The molecule has 0 aliphatic carbocycles. The second kappa shape index (κ2) is 10.7. The number of nitrogens with zero attached hydrogens (tertiary/aromatic N) is 2. The molecule has 2 aromatic rings. The van der Waals surface area contributed by atoms with E-state index < -0.39 is 10.0 Å². The van der Waals surface area contributed by atoms with Crippen LogP contribution < -0.4 is 10.1 Å². The number of carbonyl (C=O) groups is 1. The SMILES string of the molecule is COc1cccc(CN2CCC(NC(=O)c3cccc(S(=O)(=O)N4CCCCC4)c3)CC2)c1. The van der Waals surface area contributed by atoms with E-state index in [-0.39, 0.29) is 16.8 Å². The van der Waals surface area contributed by atoms with Crippen molar-refractivity contribution in [2.24, 2.45) is 0 Å². The predicted molar refractivity (Wildman–Crippen MR) is 128 cm³/mol. The topological polar surface area (TPSA) is 79.0 Å². The number of hydrogen-bond donors (Lipinski definition) is 1. The first-order valence-electron chi connectivity index (χ1n) is 11.7. The first-order chi connectivity index (χ1) is 16.0. The number of piperidine rings is 2. The van der Waals surface area contributed by atoms with Gasteiger partial charge in [-0.3, -0.25) is 9.69 Å². The number of rotatable bonds is 7. The minimum Gasteiger partial charge on any atom is -0.497 e. The van der Waals surface area contributed by atoms with Gasteiger partial charge in [-0.1, -0.05) is 24.6 Å². The molecule has 1 amide bonds. The highest BCUT2D eigenvalue weighted by Crippen LogP contribution is 2.22. The van der Waals surface area contributed by atoms with Crippen LogP contribution in [-0.2, 0) is 16.6 Å². The average Bonchev–Trinajstić information content (AvgIpc) is 2.86. The van der Waals surface area contributed by atoms with Gasteiger partial charge in [-0.15, -0.1) is 0 Å². The third-order valence-electron chi connectivity index (χ3n) is 6.51. The van der Waals surface area contributed by atoms with Crippen LogP contribution in [-0.4, -0.2) is 62.9 Å². The van der Waals surface area contributed by atoms with E-state index in [2.05, 4.69) is 22.3 Å². The van der Waals surface area contributed by atoms with Crippen LogP contribution in [0.1, 0.15) is 48.0 Å². The van der Waals surface area contributed by atoms with Crippen molar-refractivity contribution >= 4 is 15.9 Å². The molecule has 2 heterocycles. The van der Waals surface area contributed by atoms with Crippen molar-refractivity contribution in [2.45, 2.75) is 49.6 Å². The Hall–Kier alpha value is -2.42. The van der Waals surface area contributed by atoms with E-state index in [0.717, 1.165) is 57.5 Å². The smallest absolute Gasteiger partial charge is 0.251 e. The summed E-state index contributed by atoms with van der Waals surface area (Å²) < 4.78 is 32.8. The molecule has 2 saturated heterocycles. The van der Waals surface area contributed by atoms with Crippen molar-refractivity contribution in [3.05, 3.63) is 59.7 Å². The first kappa shape index (κ1) is 23.7. The van der Waals surface area contributed by atoms with Crippen LogP contribution in [0.3, 0.4) is 0 Å². The van der Waals surface area contributed by atoms with Gasteiger partial charge in [-0.2, -0.15) is 4.31 Å². The van der Waals surface area contributed by atoms with Crippen molar-refractivity contribution < 1.29 is 17.9 Å². The lowest BCUT2D eigenvalue weighted by atomic mass is 10.0. The Morgan fingerprint density at radius 1 is 1.00 bits per heavy atom. The van der Waals surface area contributed by atoms with Crippen LogP contribution in [0.25, 0.3) is 0 Å². The Labute approximate surface area is 196 Å². The highest BCUT2D eigenvalue weighted by atomic mass is 32.2. The lowest BCUT2D eigenvalue weighted by Gasteiger charge is -2.32. The highest BCUT2D eigenvalue weighted by Gasteiger charge is 2.27. The fourth-order valence-electron chi connectivity index (χ4n) is 4.59. The van der Waals surface area contributed by atoms with Crippen LogP contribution >= 0.6 is 0 Å². The summed E-state index contributed by atoms with van der Waals surface area (Å²) in [6, 6.07) is 14.6. The molecular weight excluding hydrogens is 438 g/mol. The Kier molecular flexibility index (Phi) is 7.67. The molecule has 1 N–H and O–H groups in total. The number of nitrogens with one attached hydrogen (secondary N) is 1. The summed E-state index contributed by atoms with van der Waals surface area (Å²) in [4.78, 5) is 15.4. The Balaban J connectivity index is 1.32. The second-order valence-corrected chi connectivity index (χ2v) is 10.8. The third kappa shape index (κ3) is 5.93. The maximum atomic E-state index is 13.0. The van der Waals surface area contributed by atoms with E-state index >= 15 is 0 Å². The minimum absolute atomic E-state index is 0.0846. The van der Waals surface area contributed by atoms with E-state index in [1.165, 1.54) is 15.9 Å².